The van der Waals surface area contributed by atoms with Gasteiger partial charge in [-0.2, -0.15) is 0 Å². The van der Waals surface area contributed by atoms with E-state index in [9.17, 15) is 0 Å². The second kappa shape index (κ2) is 5.30. The number of halogens is 1. The van der Waals surface area contributed by atoms with Crippen LogP contribution in [-0.4, -0.2) is 30.6 Å². The first-order chi connectivity index (χ1) is 7.74. The summed E-state index contributed by atoms with van der Waals surface area (Å²) in [6.45, 7) is 0.268. The van der Waals surface area contributed by atoms with E-state index in [1.165, 1.54) is 4.90 Å². The maximum atomic E-state index is 8.88. The van der Waals surface area contributed by atoms with Crippen LogP contribution in [-0.2, 0) is 0 Å². The Morgan fingerprint density at radius 1 is 1.56 bits per heavy atom. The lowest BCUT2D eigenvalue weighted by Gasteiger charge is -2.36. The second-order valence-corrected chi connectivity index (χ2v) is 5.50. The summed E-state index contributed by atoms with van der Waals surface area (Å²) in [6, 6.07) is 6.52. The number of thioether (sulfide) groups is 1. The molecule has 1 N–H and O–H groups in total. The van der Waals surface area contributed by atoms with Crippen molar-refractivity contribution >= 4 is 29.1 Å². The van der Waals surface area contributed by atoms with E-state index >= 15 is 0 Å². The summed E-state index contributed by atoms with van der Waals surface area (Å²) in [7, 11) is 2.09. The fourth-order valence-corrected chi connectivity index (χ4v) is 3.73. The van der Waals surface area contributed by atoms with Crippen molar-refractivity contribution in [2.24, 2.45) is 0 Å². The molecular formula is C12H16ClNOS. The number of aliphatic hydroxyl groups excluding tert-OH is 1. The Hall–Kier alpha value is -0.380. The number of benzene rings is 1. The highest BCUT2D eigenvalue weighted by atomic mass is 35.5. The third-order valence-electron chi connectivity index (χ3n) is 2.98. The van der Waals surface area contributed by atoms with Crippen LogP contribution in [0.15, 0.2) is 23.1 Å². The molecule has 16 heavy (non-hydrogen) atoms. The molecule has 88 valence electrons. The predicted octanol–water partition coefficient (Wildman–Crippen LogP) is 3.02. The highest BCUT2D eigenvalue weighted by Crippen LogP contribution is 2.41. The van der Waals surface area contributed by atoms with Crippen LogP contribution in [0.5, 0.6) is 0 Å². The quantitative estimate of drug-likeness (QED) is 0.901. The van der Waals surface area contributed by atoms with Gasteiger partial charge in [-0.1, -0.05) is 17.7 Å². The van der Waals surface area contributed by atoms with E-state index in [0.29, 0.717) is 6.04 Å². The van der Waals surface area contributed by atoms with Crippen molar-refractivity contribution in [2.45, 2.75) is 23.8 Å². The molecule has 1 aromatic rings. The third kappa shape index (κ3) is 2.31. The van der Waals surface area contributed by atoms with E-state index < -0.39 is 0 Å². The zero-order valence-corrected chi connectivity index (χ0v) is 10.9. The minimum absolute atomic E-state index is 0.268. The fourth-order valence-electron chi connectivity index (χ4n) is 2.04. The third-order valence-corrected chi connectivity index (χ3v) is 4.47. The van der Waals surface area contributed by atoms with E-state index in [1.54, 1.807) is 0 Å². The van der Waals surface area contributed by atoms with Gasteiger partial charge in [0, 0.05) is 30.3 Å². The van der Waals surface area contributed by atoms with Gasteiger partial charge in [0.2, 0.25) is 0 Å². The average molecular weight is 258 g/mol. The lowest BCUT2D eigenvalue weighted by atomic mass is 10.1. The summed E-state index contributed by atoms with van der Waals surface area (Å²) in [6.07, 6.45) is 1.88. The van der Waals surface area contributed by atoms with Crippen molar-refractivity contribution in [3.8, 4) is 0 Å². The van der Waals surface area contributed by atoms with E-state index in [0.717, 1.165) is 29.3 Å². The number of hydrogen-bond donors (Lipinski definition) is 1. The van der Waals surface area contributed by atoms with Crippen LogP contribution >= 0.6 is 23.4 Å². The highest BCUT2D eigenvalue weighted by Gasteiger charge is 2.25. The first-order valence-electron chi connectivity index (χ1n) is 5.49. The molecule has 0 radical (unpaired) electrons. The number of rotatable bonds is 3. The van der Waals surface area contributed by atoms with E-state index in [1.807, 2.05) is 23.9 Å². The topological polar surface area (TPSA) is 23.5 Å². The van der Waals surface area contributed by atoms with Crippen molar-refractivity contribution < 1.29 is 5.11 Å². The Morgan fingerprint density at radius 3 is 3.12 bits per heavy atom. The number of nitrogens with zero attached hydrogens (tertiary/aromatic N) is 1. The first kappa shape index (κ1) is 12.1. The van der Waals surface area contributed by atoms with Crippen molar-refractivity contribution in [3.63, 3.8) is 0 Å². The lowest BCUT2D eigenvalue weighted by molar-refractivity contribution is 0.280. The Balaban J connectivity index is 2.20. The monoisotopic (exact) mass is 257 g/mol. The number of aliphatic hydroxyl groups is 1. The predicted molar refractivity (Wildman–Crippen MR) is 70.7 cm³/mol. The molecule has 1 aliphatic rings. The van der Waals surface area contributed by atoms with Gasteiger partial charge in [0.1, 0.15) is 0 Å². The van der Waals surface area contributed by atoms with Crippen LogP contribution in [0, 0.1) is 0 Å². The van der Waals surface area contributed by atoms with Gasteiger partial charge in [0.25, 0.3) is 0 Å². The molecule has 0 fully saturated rings. The standard InChI is InChI=1S/C12H16ClNOS/c1-14-9(4-3-7-15)8-16-11-6-2-5-10(13)12(11)14/h2,5-6,9,15H,3-4,7-8H2,1H3. The van der Waals surface area contributed by atoms with E-state index in [4.69, 9.17) is 16.7 Å². The minimum atomic E-state index is 0.268. The summed E-state index contributed by atoms with van der Waals surface area (Å²) >= 11 is 8.09. The van der Waals surface area contributed by atoms with Crippen LogP contribution < -0.4 is 4.90 Å². The number of fused-ring (bicyclic) bond motifs is 1. The average Bonchev–Trinajstić information content (AvgIpc) is 2.28. The first-order valence-corrected chi connectivity index (χ1v) is 6.85. The maximum absolute atomic E-state index is 8.88. The number of hydrogen-bond acceptors (Lipinski definition) is 3. The van der Waals surface area contributed by atoms with Gasteiger partial charge >= 0.3 is 0 Å². The maximum Gasteiger partial charge on any atom is 0.0693 e. The second-order valence-electron chi connectivity index (χ2n) is 4.03. The summed E-state index contributed by atoms with van der Waals surface area (Å²) in [4.78, 5) is 3.51. The van der Waals surface area contributed by atoms with Crippen molar-refractivity contribution in [1.82, 2.24) is 0 Å². The fraction of sp³-hybridized carbons (Fsp3) is 0.500. The molecule has 0 aliphatic carbocycles. The van der Waals surface area contributed by atoms with Gasteiger partial charge < -0.3 is 10.0 Å². The molecule has 0 bridgehead atoms. The van der Waals surface area contributed by atoms with Crippen LogP contribution in [0.1, 0.15) is 12.8 Å². The smallest absolute Gasteiger partial charge is 0.0693 e. The van der Waals surface area contributed by atoms with Gasteiger partial charge in [0.15, 0.2) is 0 Å². The SMILES string of the molecule is CN1c2c(Cl)cccc2SCC1CCCO. The molecule has 1 heterocycles. The zero-order chi connectivity index (χ0) is 11.5. The molecular weight excluding hydrogens is 242 g/mol. The molecule has 2 nitrogen and oxygen atoms in total. The van der Waals surface area contributed by atoms with Gasteiger partial charge in [-0.3, -0.25) is 0 Å². The van der Waals surface area contributed by atoms with Crippen LogP contribution in [0.25, 0.3) is 0 Å². The molecule has 1 aromatic carbocycles. The largest absolute Gasteiger partial charge is 0.396 e. The van der Waals surface area contributed by atoms with Crippen molar-refractivity contribution in [2.75, 3.05) is 24.3 Å². The van der Waals surface area contributed by atoms with Crippen molar-refractivity contribution in [1.29, 1.82) is 0 Å². The molecule has 0 saturated heterocycles. The Kier molecular flexibility index (Phi) is 4.00. The molecule has 1 atom stereocenters. The zero-order valence-electron chi connectivity index (χ0n) is 9.32. The Bertz CT molecular complexity index is 372. The van der Waals surface area contributed by atoms with Crippen LogP contribution in [0.3, 0.4) is 0 Å². The minimum Gasteiger partial charge on any atom is -0.396 e. The number of anilines is 1. The normalized spacial score (nSPS) is 19.7. The summed E-state index contributed by atoms with van der Waals surface area (Å²) in [5.41, 5.74) is 1.14. The van der Waals surface area contributed by atoms with Gasteiger partial charge in [0.05, 0.1) is 10.7 Å². The molecule has 0 amide bonds. The molecule has 0 saturated carbocycles. The molecule has 0 spiro atoms. The Morgan fingerprint density at radius 2 is 2.38 bits per heavy atom. The van der Waals surface area contributed by atoms with E-state index in [2.05, 4.69) is 18.0 Å². The molecule has 0 aromatic heterocycles. The van der Waals surface area contributed by atoms with Gasteiger partial charge in [-0.15, -0.1) is 11.8 Å². The molecule has 1 aliphatic heterocycles. The highest BCUT2D eigenvalue weighted by molar-refractivity contribution is 7.99. The lowest BCUT2D eigenvalue weighted by Crippen LogP contribution is -2.37. The number of para-hydroxylation sites is 1. The van der Waals surface area contributed by atoms with Gasteiger partial charge in [-0.05, 0) is 25.0 Å². The van der Waals surface area contributed by atoms with E-state index in [-0.39, 0.29) is 6.61 Å². The molecule has 4 heteroatoms. The van der Waals surface area contributed by atoms with Crippen molar-refractivity contribution in [3.05, 3.63) is 23.2 Å². The summed E-state index contributed by atoms with van der Waals surface area (Å²) in [5.74, 6) is 1.07. The summed E-state index contributed by atoms with van der Waals surface area (Å²) < 4.78 is 0. The molecule has 2 rings (SSSR count). The van der Waals surface area contributed by atoms with Crippen LogP contribution in [0.2, 0.25) is 5.02 Å². The molecule has 1 unspecified atom stereocenters. The van der Waals surface area contributed by atoms with Gasteiger partial charge in [-0.25, -0.2) is 0 Å². The van der Waals surface area contributed by atoms with Crippen LogP contribution in [0.4, 0.5) is 5.69 Å². The Labute approximate surface area is 106 Å². The summed E-state index contributed by atoms with van der Waals surface area (Å²) in [5, 5.41) is 9.70.